The number of rotatable bonds is 2. The number of hydrogen-bond acceptors (Lipinski definition) is 2. The van der Waals surface area contributed by atoms with Crippen LogP contribution >= 0.6 is 0 Å². The highest BCUT2D eigenvalue weighted by molar-refractivity contribution is 5.65. The largest absolute Gasteiger partial charge is 0.465 e. The quantitative estimate of drug-likeness (QED) is 0.707. The summed E-state index contributed by atoms with van der Waals surface area (Å²) in [5, 5.41) is 8.87. The molecule has 1 heterocycles. The van der Waals surface area contributed by atoms with Crippen molar-refractivity contribution in [1.29, 1.82) is 0 Å². The fourth-order valence-electron chi connectivity index (χ4n) is 2.35. The monoisotopic (exact) mass is 200 g/mol. The number of likely N-dealkylation sites (tertiary alicyclic amines) is 1. The molecule has 0 saturated carbocycles. The lowest BCUT2D eigenvalue weighted by molar-refractivity contribution is 0.0879. The Labute approximate surface area is 85.1 Å². The molecule has 0 aromatic heterocycles. The van der Waals surface area contributed by atoms with E-state index < -0.39 is 6.09 Å². The van der Waals surface area contributed by atoms with Crippen LogP contribution in [0.4, 0.5) is 4.79 Å². The smallest absolute Gasteiger partial charge is 0.407 e. The highest BCUT2D eigenvalue weighted by Crippen LogP contribution is 2.28. The molecule has 1 aliphatic heterocycles. The maximum Gasteiger partial charge on any atom is 0.407 e. The van der Waals surface area contributed by atoms with Crippen molar-refractivity contribution in [2.45, 2.75) is 32.7 Å². The summed E-state index contributed by atoms with van der Waals surface area (Å²) >= 11 is 0. The summed E-state index contributed by atoms with van der Waals surface area (Å²) in [6.07, 6.45) is 1.12. The van der Waals surface area contributed by atoms with Gasteiger partial charge in [0.05, 0.1) is 0 Å². The van der Waals surface area contributed by atoms with E-state index >= 15 is 0 Å². The van der Waals surface area contributed by atoms with Gasteiger partial charge in [0.25, 0.3) is 0 Å². The Morgan fingerprint density at radius 2 is 2.36 bits per heavy atom. The van der Waals surface area contributed by atoms with Crippen LogP contribution in [0.2, 0.25) is 0 Å². The Morgan fingerprint density at radius 3 is 2.79 bits per heavy atom. The lowest BCUT2D eigenvalue weighted by Gasteiger charge is -2.38. The van der Waals surface area contributed by atoms with Gasteiger partial charge in [-0.3, -0.25) is 0 Å². The number of nitrogens with zero attached hydrogens (tertiary/aromatic N) is 1. The third-order valence-corrected chi connectivity index (χ3v) is 3.26. The second kappa shape index (κ2) is 4.64. The van der Waals surface area contributed by atoms with Crippen LogP contribution in [-0.4, -0.2) is 35.2 Å². The molecule has 0 aromatic rings. The fraction of sp³-hybridized carbons (Fsp3) is 0.900. The third kappa shape index (κ3) is 2.38. The molecule has 14 heavy (non-hydrogen) atoms. The standard InChI is InChI=1S/C10H20N2O2/c1-3-8-6-12(10(13)14)5-4-9(8)7(2)11/h7-9H,3-6,11H2,1-2H3,(H,13,14)/t7-,8+,9+/m0/s1. The van der Waals surface area contributed by atoms with Crippen LogP contribution < -0.4 is 5.73 Å². The SMILES string of the molecule is CC[C@@H]1CN(C(=O)O)CC[C@@H]1[C@H](C)N. The van der Waals surface area contributed by atoms with Crippen molar-refractivity contribution in [3.63, 3.8) is 0 Å². The predicted octanol–water partition coefficient (Wildman–Crippen LogP) is 1.36. The van der Waals surface area contributed by atoms with Crippen LogP contribution in [0.25, 0.3) is 0 Å². The number of piperidine rings is 1. The first-order valence-electron chi connectivity index (χ1n) is 5.29. The number of carbonyl (C=O) groups is 1. The molecule has 0 aromatic carbocycles. The fourth-order valence-corrected chi connectivity index (χ4v) is 2.35. The van der Waals surface area contributed by atoms with E-state index in [-0.39, 0.29) is 6.04 Å². The van der Waals surface area contributed by atoms with E-state index in [1.165, 1.54) is 4.90 Å². The molecule has 4 heteroatoms. The summed E-state index contributed by atoms with van der Waals surface area (Å²) in [6.45, 7) is 5.41. The zero-order chi connectivity index (χ0) is 10.7. The number of amides is 1. The zero-order valence-electron chi connectivity index (χ0n) is 8.94. The molecule has 1 fully saturated rings. The van der Waals surface area contributed by atoms with Crippen molar-refractivity contribution in [1.82, 2.24) is 4.90 Å². The molecule has 4 nitrogen and oxygen atoms in total. The summed E-state index contributed by atoms with van der Waals surface area (Å²) in [4.78, 5) is 12.3. The van der Waals surface area contributed by atoms with Crippen LogP contribution in [0.3, 0.4) is 0 Å². The maximum atomic E-state index is 10.8. The first-order valence-corrected chi connectivity index (χ1v) is 5.29. The van der Waals surface area contributed by atoms with E-state index in [4.69, 9.17) is 10.8 Å². The third-order valence-electron chi connectivity index (χ3n) is 3.26. The Bertz CT molecular complexity index is 206. The molecule has 1 rings (SSSR count). The highest BCUT2D eigenvalue weighted by Gasteiger charge is 2.31. The Morgan fingerprint density at radius 1 is 1.71 bits per heavy atom. The molecule has 82 valence electrons. The van der Waals surface area contributed by atoms with Crippen molar-refractivity contribution in [2.75, 3.05) is 13.1 Å². The van der Waals surface area contributed by atoms with Crippen LogP contribution in [-0.2, 0) is 0 Å². The van der Waals surface area contributed by atoms with Gasteiger partial charge in [-0.15, -0.1) is 0 Å². The molecule has 0 unspecified atom stereocenters. The van der Waals surface area contributed by atoms with Gasteiger partial charge in [-0.05, 0) is 25.2 Å². The van der Waals surface area contributed by atoms with E-state index in [2.05, 4.69) is 6.92 Å². The molecule has 1 amide bonds. The van der Waals surface area contributed by atoms with Gasteiger partial charge in [-0.25, -0.2) is 4.79 Å². The average Bonchev–Trinajstić information content (AvgIpc) is 2.16. The van der Waals surface area contributed by atoms with Gasteiger partial charge in [0.1, 0.15) is 0 Å². The normalized spacial score (nSPS) is 30.1. The van der Waals surface area contributed by atoms with Gasteiger partial charge < -0.3 is 15.7 Å². The van der Waals surface area contributed by atoms with Gasteiger partial charge in [-0.1, -0.05) is 13.3 Å². The van der Waals surface area contributed by atoms with Crippen LogP contribution in [0.1, 0.15) is 26.7 Å². The molecule has 1 saturated heterocycles. The van der Waals surface area contributed by atoms with Crippen molar-refractivity contribution >= 4 is 6.09 Å². The summed E-state index contributed by atoms with van der Waals surface area (Å²) < 4.78 is 0. The molecule has 0 aliphatic carbocycles. The average molecular weight is 200 g/mol. The van der Waals surface area contributed by atoms with Gasteiger partial charge in [0, 0.05) is 19.1 Å². The summed E-state index contributed by atoms with van der Waals surface area (Å²) in [5.41, 5.74) is 5.89. The summed E-state index contributed by atoms with van der Waals surface area (Å²) in [6, 6.07) is 0.177. The minimum atomic E-state index is -0.799. The molecule has 0 bridgehead atoms. The summed E-state index contributed by atoms with van der Waals surface area (Å²) in [7, 11) is 0. The number of nitrogens with two attached hydrogens (primary N) is 1. The van der Waals surface area contributed by atoms with E-state index in [0.29, 0.717) is 24.9 Å². The second-order valence-electron chi connectivity index (χ2n) is 4.21. The Hall–Kier alpha value is -0.770. The van der Waals surface area contributed by atoms with E-state index in [9.17, 15) is 4.79 Å². The molecule has 1 aliphatic rings. The molecule has 3 atom stereocenters. The molecule has 3 N–H and O–H groups in total. The van der Waals surface area contributed by atoms with Crippen molar-refractivity contribution < 1.29 is 9.90 Å². The van der Waals surface area contributed by atoms with Gasteiger partial charge in [0.2, 0.25) is 0 Å². The molecular weight excluding hydrogens is 180 g/mol. The van der Waals surface area contributed by atoms with Crippen molar-refractivity contribution in [3.05, 3.63) is 0 Å². The first kappa shape index (κ1) is 11.3. The minimum absolute atomic E-state index is 0.177. The highest BCUT2D eigenvalue weighted by atomic mass is 16.4. The molecular formula is C10H20N2O2. The predicted molar refractivity (Wildman–Crippen MR) is 55.1 cm³/mol. The zero-order valence-corrected chi connectivity index (χ0v) is 8.94. The Balaban J connectivity index is 2.59. The van der Waals surface area contributed by atoms with Gasteiger partial charge >= 0.3 is 6.09 Å². The lowest BCUT2D eigenvalue weighted by atomic mass is 9.80. The van der Waals surface area contributed by atoms with Gasteiger partial charge in [0.15, 0.2) is 0 Å². The summed E-state index contributed by atoms with van der Waals surface area (Å²) in [5.74, 6) is 0.912. The molecule has 0 spiro atoms. The van der Waals surface area contributed by atoms with Crippen molar-refractivity contribution in [3.8, 4) is 0 Å². The van der Waals surface area contributed by atoms with Gasteiger partial charge in [-0.2, -0.15) is 0 Å². The maximum absolute atomic E-state index is 10.8. The minimum Gasteiger partial charge on any atom is -0.465 e. The number of hydrogen-bond donors (Lipinski definition) is 2. The number of carboxylic acid groups (broad SMARTS) is 1. The topological polar surface area (TPSA) is 66.6 Å². The van der Waals surface area contributed by atoms with E-state index in [1.54, 1.807) is 0 Å². The lowest BCUT2D eigenvalue weighted by Crippen LogP contribution is -2.47. The van der Waals surface area contributed by atoms with Crippen molar-refractivity contribution in [2.24, 2.45) is 17.6 Å². The van der Waals surface area contributed by atoms with E-state index in [1.807, 2.05) is 6.92 Å². The van der Waals surface area contributed by atoms with Crippen LogP contribution in [0.5, 0.6) is 0 Å². The second-order valence-corrected chi connectivity index (χ2v) is 4.21. The first-order chi connectivity index (χ1) is 6.56. The van der Waals surface area contributed by atoms with Crippen LogP contribution in [0, 0.1) is 11.8 Å². The van der Waals surface area contributed by atoms with Crippen LogP contribution in [0.15, 0.2) is 0 Å². The van der Waals surface area contributed by atoms with E-state index in [0.717, 1.165) is 12.8 Å². The molecule has 0 radical (unpaired) electrons. The Kier molecular flexibility index (Phi) is 3.75.